The van der Waals surface area contributed by atoms with Gasteiger partial charge in [0.25, 0.3) is 0 Å². The second kappa shape index (κ2) is 7.98. The van der Waals surface area contributed by atoms with Crippen LogP contribution in [-0.2, 0) is 4.79 Å². The number of anilines is 1. The van der Waals surface area contributed by atoms with Crippen LogP contribution in [0.2, 0.25) is 0 Å². The standard InChI is InChI=1S/C21H20N4O2S/c1-3-17(26)25-16-13-9-8-12-15(16)18-19(22-21(24-23-18)28-4-2)27-20(25)14-10-6-5-7-11-14/h5-13,20H,3-4H2,1-2H3. The topological polar surface area (TPSA) is 68.2 Å². The smallest absolute Gasteiger partial charge is 0.247 e. The number of amides is 1. The van der Waals surface area contributed by atoms with Crippen molar-refractivity contribution in [1.82, 2.24) is 15.2 Å². The van der Waals surface area contributed by atoms with Crippen molar-refractivity contribution in [3.8, 4) is 17.1 Å². The number of thioether (sulfide) groups is 1. The first kappa shape index (κ1) is 18.4. The molecule has 1 aliphatic rings. The van der Waals surface area contributed by atoms with E-state index in [1.165, 1.54) is 11.8 Å². The highest BCUT2D eigenvalue weighted by Crippen LogP contribution is 2.43. The number of aromatic nitrogens is 3. The van der Waals surface area contributed by atoms with E-state index in [0.29, 0.717) is 23.2 Å². The number of nitrogens with zero attached hydrogens (tertiary/aromatic N) is 4. The molecule has 0 N–H and O–H groups in total. The zero-order chi connectivity index (χ0) is 19.5. The third-order valence-electron chi connectivity index (χ3n) is 4.44. The molecule has 6 nitrogen and oxygen atoms in total. The Kier molecular flexibility index (Phi) is 5.25. The van der Waals surface area contributed by atoms with Crippen molar-refractivity contribution in [3.63, 3.8) is 0 Å². The molecular formula is C21H20N4O2S. The summed E-state index contributed by atoms with van der Waals surface area (Å²) in [5, 5.41) is 9.18. The molecule has 0 bridgehead atoms. The van der Waals surface area contributed by atoms with Crippen molar-refractivity contribution in [1.29, 1.82) is 0 Å². The van der Waals surface area contributed by atoms with Crippen molar-refractivity contribution >= 4 is 23.4 Å². The fourth-order valence-corrected chi connectivity index (χ4v) is 3.68. The summed E-state index contributed by atoms with van der Waals surface area (Å²) in [4.78, 5) is 19.3. The fourth-order valence-electron chi connectivity index (χ4n) is 3.18. The predicted octanol–water partition coefficient (Wildman–Crippen LogP) is 4.48. The maximum Gasteiger partial charge on any atom is 0.247 e. The van der Waals surface area contributed by atoms with Crippen LogP contribution >= 0.6 is 11.8 Å². The molecule has 2 heterocycles. The van der Waals surface area contributed by atoms with Crippen LogP contribution in [0.5, 0.6) is 5.88 Å². The first-order valence-electron chi connectivity index (χ1n) is 9.23. The summed E-state index contributed by atoms with van der Waals surface area (Å²) < 4.78 is 6.33. The van der Waals surface area contributed by atoms with Gasteiger partial charge in [0, 0.05) is 17.5 Å². The lowest BCUT2D eigenvalue weighted by Crippen LogP contribution is -2.37. The Hall–Kier alpha value is -2.93. The van der Waals surface area contributed by atoms with Crippen LogP contribution < -0.4 is 9.64 Å². The van der Waals surface area contributed by atoms with Gasteiger partial charge in [-0.25, -0.2) is 0 Å². The third kappa shape index (κ3) is 3.33. The van der Waals surface area contributed by atoms with E-state index >= 15 is 0 Å². The summed E-state index contributed by atoms with van der Waals surface area (Å²) in [6.07, 6.45) is -0.278. The minimum atomic E-state index is -0.632. The Morgan fingerprint density at radius 3 is 2.57 bits per heavy atom. The molecule has 1 atom stereocenters. The van der Waals surface area contributed by atoms with Gasteiger partial charge in [-0.15, -0.1) is 10.2 Å². The molecule has 0 radical (unpaired) electrons. The van der Waals surface area contributed by atoms with E-state index in [4.69, 9.17) is 4.74 Å². The highest BCUT2D eigenvalue weighted by atomic mass is 32.2. The van der Waals surface area contributed by atoms with Gasteiger partial charge >= 0.3 is 0 Å². The zero-order valence-corrected chi connectivity index (χ0v) is 16.5. The predicted molar refractivity (Wildman–Crippen MR) is 109 cm³/mol. The van der Waals surface area contributed by atoms with E-state index in [1.54, 1.807) is 4.90 Å². The minimum absolute atomic E-state index is 0.0368. The van der Waals surface area contributed by atoms with Crippen LogP contribution in [0.25, 0.3) is 11.3 Å². The maximum atomic E-state index is 13.0. The Morgan fingerprint density at radius 2 is 1.82 bits per heavy atom. The van der Waals surface area contributed by atoms with Gasteiger partial charge in [0.2, 0.25) is 23.2 Å². The summed E-state index contributed by atoms with van der Waals surface area (Å²) >= 11 is 1.50. The minimum Gasteiger partial charge on any atom is -0.447 e. The molecule has 0 saturated heterocycles. The molecule has 7 heteroatoms. The summed E-state index contributed by atoms with van der Waals surface area (Å²) in [5.74, 6) is 1.18. The summed E-state index contributed by atoms with van der Waals surface area (Å²) in [7, 11) is 0. The fraction of sp³-hybridized carbons (Fsp3) is 0.238. The second-order valence-corrected chi connectivity index (χ2v) is 7.43. The van der Waals surface area contributed by atoms with Crippen LogP contribution in [0.1, 0.15) is 32.1 Å². The quantitative estimate of drug-likeness (QED) is 0.610. The largest absolute Gasteiger partial charge is 0.447 e. The van der Waals surface area contributed by atoms with Crippen molar-refractivity contribution in [2.75, 3.05) is 10.7 Å². The van der Waals surface area contributed by atoms with E-state index in [1.807, 2.05) is 68.4 Å². The van der Waals surface area contributed by atoms with Gasteiger partial charge in [-0.05, 0) is 11.8 Å². The molecule has 3 aromatic rings. The van der Waals surface area contributed by atoms with Crippen molar-refractivity contribution in [2.24, 2.45) is 0 Å². The summed E-state index contributed by atoms with van der Waals surface area (Å²) in [5.41, 5.74) is 2.94. The maximum absolute atomic E-state index is 13.0. The van der Waals surface area contributed by atoms with Gasteiger partial charge in [0.15, 0.2) is 5.69 Å². The number of hydrogen-bond donors (Lipinski definition) is 0. The molecule has 0 aliphatic carbocycles. The van der Waals surface area contributed by atoms with Crippen LogP contribution in [-0.4, -0.2) is 26.8 Å². The van der Waals surface area contributed by atoms with Gasteiger partial charge in [-0.1, -0.05) is 74.1 Å². The van der Waals surface area contributed by atoms with Crippen LogP contribution in [0.3, 0.4) is 0 Å². The molecule has 1 aliphatic heterocycles. The monoisotopic (exact) mass is 392 g/mol. The normalized spacial score (nSPS) is 15.2. The average molecular weight is 392 g/mol. The van der Waals surface area contributed by atoms with E-state index in [0.717, 1.165) is 22.6 Å². The van der Waals surface area contributed by atoms with Crippen LogP contribution in [0.15, 0.2) is 59.8 Å². The molecule has 28 heavy (non-hydrogen) atoms. The van der Waals surface area contributed by atoms with E-state index in [2.05, 4.69) is 15.2 Å². The Bertz CT molecular complexity index is 997. The number of carbonyl (C=O) groups is 1. The van der Waals surface area contributed by atoms with Crippen molar-refractivity contribution in [2.45, 2.75) is 31.7 Å². The number of ether oxygens (including phenoxy) is 1. The van der Waals surface area contributed by atoms with Gasteiger partial charge in [0.05, 0.1) is 5.69 Å². The average Bonchev–Trinajstić information content (AvgIpc) is 2.88. The number of fused-ring (bicyclic) bond motifs is 3. The zero-order valence-electron chi connectivity index (χ0n) is 15.7. The molecule has 4 rings (SSSR count). The Morgan fingerprint density at radius 1 is 1.07 bits per heavy atom. The molecule has 142 valence electrons. The molecular weight excluding hydrogens is 372 g/mol. The Balaban J connectivity index is 1.95. The van der Waals surface area contributed by atoms with Gasteiger partial charge in [-0.3, -0.25) is 9.69 Å². The molecule has 1 unspecified atom stereocenters. The first-order chi connectivity index (χ1) is 13.7. The van der Waals surface area contributed by atoms with E-state index in [-0.39, 0.29) is 5.91 Å². The molecule has 0 fully saturated rings. The second-order valence-electron chi connectivity index (χ2n) is 6.20. The molecule has 0 saturated carbocycles. The lowest BCUT2D eigenvalue weighted by Gasteiger charge is -2.30. The molecule has 1 amide bonds. The number of hydrogen-bond acceptors (Lipinski definition) is 6. The first-order valence-corrected chi connectivity index (χ1v) is 10.2. The SMILES string of the molecule is CCSc1nnc2c(n1)OC(c1ccccc1)N(C(=O)CC)c1ccccc1-2. The van der Waals surface area contributed by atoms with Crippen molar-refractivity contribution in [3.05, 3.63) is 60.2 Å². The van der Waals surface area contributed by atoms with Crippen LogP contribution in [0, 0.1) is 0 Å². The summed E-state index contributed by atoms with van der Waals surface area (Å²) in [6.45, 7) is 3.88. The lowest BCUT2D eigenvalue weighted by molar-refractivity contribution is -0.120. The third-order valence-corrected chi connectivity index (χ3v) is 5.16. The van der Waals surface area contributed by atoms with Gasteiger partial charge in [-0.2, -0.15) is 4.98 Å². The number of carbonyl (C=O) groups excluding carboxylic acids is 1. The lowest BCUT2D eigenvalue weighted by atomic mass is 10.1. The van der Waals surface area contributed by atoms with E-state index in [9.17, 15) is 4.79 Å². The molecule has 2 aromatic carbocycles. The number of para-hydroxylation sites is 1. The highest BCUT2D eigenvalue weighted by molar-refractivity contribution is 7.99. The highest BCUT2D eigenvalue weighted by Gasteiger charge is 2.35. The van der Waals surface area contributed by atoms with E-state index < -0.39 is 6.23 Å². The summed E-state index contributed by atoms with van der Waals surface area (Å²) in [6, 6.07) is 17.4. The number of benzene rings is 2. The van der Waals surface area contributed by atoms with Gasteiger partial charge < -0.3 is 4.74 Å². The molecule has 0 spiro atoms. The number of rotatable bonds is 4. The van der Waals surface area contributed by atoms with Crippen LogP contribution in [0.4, 0.5) is 5.69 Å². The van der Waals surface area contributed by atoms with Gasteiger partial charge in [0.1, 0.15) is 0 Å². The Labute approximate surface area is 168 Å². The van der Waals surface area contributed by atoms with Crippen molar-refractivity contribution < 1.29 is 9.53 Å². The molecule has 1 aromatic heterocycles.